The van der Waals surface area contributed by atoms with Crippen molar-refractivity contribution < 1.29 is 81.0 Å². The van der Waals surface area contributed by atoms with Gasteiger partial charge in [-0.05, 0) is 123 Å². The van der Waals surface area contributed by atoms with E-state index in [1.54, 1.807) is 47.9 Å². The Morgan fingerprint density at radius 3 is 2.08 bits per heavy atom. The number of benzene rings is 4. The summed E-state index contributed by atoms with van der Waals surface area (Å²) in [7, 11) is 0.721. The molecule has 5 N–H and O–H groups in total. The minimum Gasteiger partial charge on any atom is -0.493 e. The van der Waals surface area contributed by atoms with E-state index in [4.69, 9.17) is 42.3 Å². The van der Waals surface area contributed by atoms with Crippen LogP contribution in [0.4, 0.5) is 31.4 Å². The van der Waals surface area contributed by atoms with Gasteiger partial charge in [0.05, 0.1) is 55.4 Å². The second kappa shape index (κ2) is 30.6. The first-order chi connectivity index (χ1) is 43.4. The number of hydrogen-bond donors (Lipinski definition) is 5. The molecule has 4 aliphatic rings. The average molecular weight is 1280 g/mol. The van der Waals surface area contributed by atoms with Crippen LogP contribution in [0.15, 0.2) is 85.5 Å². The van der Waals surface area contributed by atoms with Gasteiger partial charge in [-0.25, -0.2) is 19.3 Å². The second-order valence-corrected chi connectivity index (χ2v) is 29.7. The number of fused-ring (bicyclic) bond motifs is 2. The lowest BCUT2D eigenvalue weighted by molar-refractivity contribution is -0.195. The summed E-state index contributed by atoms with van der Waals surface area (Å²) in [5.74, 6) is -1.23. The van der Waals surface area contributed by atoms with Gasteiger partial charge in [0.1, 0.15) is 38.5 Å². The fraction of sp³-hybridized carbons (Fsp3) is 0.500. The molecule has 7 amide bonds. The third kappa shape index (κ3) is 17.2. The average Bonchev–Trinajstić information content (AvgIpc) is 1.64. The molecule has 4 aliphatic heterocycles. The van der Waals surface area contributed by atoms with Crippen molar-refractivity contribution in [3.63, 3.8) is 0 Å². The molecule has 3 fully saturated rings. The molecule has 4 aromatic carbocycles. The van der Waals surface area contributed by atoms with Crippen LogP contribution in [0.5, 0.6) is 23.0 Å². The van der Waals surface area contributed by atoms with Crippen LogP contribution in [0.3, 0.4) is 0 Å². The predicted octanol–water partition coefficient (Wildman–Crippen LogP) is 10.6. The molecule has 4 heterocycles. The molecule has 25 heteroatoms. The largest absolute Gasteiger partial charge is 0.493 e. The Balaban J connectivity index is 0.968. The molecule has 0 spiro atoms. The summed E-state index contributed by atoms with van der Waals surface area (Å²) < 4.78 is 54.0. The van der Waals surface area contributed by atoms with Crippen molar-refractivity contribution >= 4 is 67.3 Å². The zero-order valence-corrected chi connectivity index (χ0v) is 54.7. The lowest BCUT2D eigenvalue weighted by Gasteiger charge is -2.38. The third-order valence-electron chi connectivity index (χ3n) is 17.1. The molecule has 492 valence electrons. The number of carbonyl (C=O) groups is 7. The van der Waals surface area contributed by atoms with E-state index in [2.05, 4.69) is 61.7 Å². The van der Waals surface area contributed by atoms with Crippen molar-refractivity contribution in [2.45, 2.75) is 161 Å². The van der Waals surface area contributed by atoms with E-state index >= 15 is 0 Å². The fourth-order valence-corrected chi connectivity index (χ4v) is 12.0. The van der Waals surface area contributed by atoms with Gasteiger partial charge in [0, 0.05) is 37.5 Å². The van der Waals surface area contributed by atoms with Gasteiger partial charge >= 0.3 is 18.3 Å². The van der Waals surface area contributed by atoms with E-state index in [0.717, 1.165) is 30.6 Å². The molecule has 24 nitrogen and oxygen atoms in total. The Hall–Kier alpha value is -8.39. The Kier molecular flexibility index (Phi) is 23.0. The highest BCUT2D eigenvalue weighted by Crippen LogP contribution is 2.44. The van der Waals surface area contributed by atoms with Crippen molar-refractivity contribution in [3.8, 4) is 23.0 Å². The maximum Gasteiger partial charge on any atom is 0.414 e. The van der Waals surface area contributed by atoms with E-state index < -0.39 is 69.1 Å². The molecular formula is C66H87N7O17Si. The van der Waals surface area contributed by atoms with E-state index in [1.165, 1.54) is 51.5 Å². The van der Waals surface area contributed by atoms with Crippen molar-refractivity contribution in [2.24, 2.45) is 5.92 Å². The van der Waals surface area contributed by atoms with Crippen LogP contribution in [-0.2, 0) is 52.8 Å². The summed E-state index contributed by atoms with van der Waals surface area (Å²) in [6, 6.07) is 17.3. The Morgan fingerprint density at radius 1 is 0.758 bits per heavy atom. The molecule has 3 saturated heterocycles. The predicted molar refractivity (Wildman–Crippen MR) is 341 cm³/mol. The molecule has 0 radical (unpaired) electrons. The van der Waals surface area contributed by atoms with Gasteiger partial charge in [-0.3, -0.25) is 24.5 Å². The van der Waals surface area contributed by atoms with Crippen LogP contribution in [0.25, 0.3) is 0 Å². The molecule has 4 aromatic rings. The van der Waals surface area contributed by atoms with Gasteiger partial charge in [-0.2, -0.15) is 0 Å². The minimum absolute atomic E-state index is 0.00154. The third-order valence-corrected chi connectivity index (χ3v) is 21.6. The lowest BCUT2D eigenvalue weighted by Crippen LogP contribution is -2.53. The van der Waals surface area contributed by atoms with Gasteiger partial charge in [0.15, 0.2) is 43.8 Å². The van der Waals surface area contributed by atoms with E-state index in [-0.39, 0.29) is 101 Å². The molecular weight excluding hydrogens is 1190 g/mol. The van der Waals surface area contributed by atoms with Gasteiger partial charge in [-0.15, -0.1) is 0 Å². The number of carbonyl (C=O) groups excluding carboxylic acids is 6. The van der Waals surface area contributed by atoms with Crippen molar-refractivity contribution in [2.75, 3.05) is 62.7 Å². The van der Waals surface area contributed by atoms with E-state index in [1.807, 2.05) is 24.3 Å². The second-order valence-electron chi connectivity index (χ2n) is 24.9. The first kappa shape index (κ1) is 68.5. The number of carboxylic acid groups (broad SMARTS) is 1. The molecule has 8 rings (SSSR count). The maximum atomic E-state index is 14.8. The Bertz CT molecular complexity index is 3280. The molecule has 0 aliphatic carbocycles. The number of nitrogens with one attached hydrogen (secondary N) is 4. The summed E-state index contributed by atoms with van der Waals surface area (Å²) in [5.41, 5.74) is 2.87. The highest BCUT2D eigenvalue weighted by Gasteiger charge is 2.48. The quantitative estimate of drug-likeness (QED) is 0.0305. The SMILES string of the molecule is C=CCOC(=O)N[C@H](C(=O)N[C@@H](C)C(=O)Nc1ccc(COC(=O)Nc2cc(OCc3cccc(COc4cc5c(cc4OC)C(=O)N4CCC[C@H]4[C@H](OC4CCCCO4)N5C(=O)O)c3)c(OC)cc2C(=O)N2CCC[C@H]2CO[Si](C)(C)C(C)(C)C)cc1)C(C)C. The smallest absolute Gasteiger partial charge is 0.414 e. The molecule has 1 unspecified atom stereocenters. The highest BCUT2D eigenvalue weighted by molar-refractivity contribution is 6.74. The summed E-state index contributed by atoms with van der Waals surface area (Å²) in [6.07, 6.45) is 1.85. The zero-order valence-electron chi connectivity index (χ0n) is 53.7. The lowest BCUT2D eigenvalue weighted by atomic mass is 10.0. The number of methoxy groups -OCH3 is 2. The monoisotopic (exact) mass is 1280 g/mol. The fourth-order valence-electron chi connectivity index (χ4n) is 11.0. The molecule has 0 bridgehead atoms. The van der Waals surface area contributed by atoms with Gasteiger partial charge in [0.25, 0.3) is 11.8 Å². The van der Waals surface area contributed by atoms with Gasteiger partial charge in [-0.1, -0.05) is 77.6 Å². The summed E-state index contributed by atoms with van der Waals surface area (Å²) in [5, 5.41) is 21.5. The molecule has 0 saturated carbocycles. The number of likely N-dealkylation sites (tertiary alicyclic amines) is 1. The van der Waals surface area contributed by atoms with E-state index in [0.29, 0.717) is 67.9 Å². The molecule has 6 atom stereocenters. The normalized spacial score (nSPS) is 18.8. The van der Waals surface area contributed by atoms with Crippen LogP contribution in [0, 0.1) is 5.92 Å². The van der Waals surface area contributed by atoms with Crippen LogP contribution in [-0.4, -0.2) is 149 Å². The Labute approximate surface area is 532 Å². The van der Waals surface area contributed by atoms with Gasteiger partial charge in [0.2, 0.25) is 11.8 Å². The summed E-state index contributed by atoms with van der Waals surface area (Å²) >= 11 is 0. The standard InChI is InChI=1S/C66H87N7O17Si/c1-12-29-85-64(79)70-57(40(2)3)59(75)67-41(4)58(74)68-45-25-23-42(24-26-45)36-88-63(78)69-49-34-54(52(82-8)32-47(49)60(76)71-27-16-20-46(71)39-89-91(10,11)66(5,6)7)86-37-43-18-15-19-44(31-43)38-87-55-35-51-48(33-53(55)83-9)61(77)72-28-17-21-50(72)62(73(51)65(80)81)90-56-22-13-14-30-84-56/h12,15,18-19,23-26,31-35,40-41,46,50,56-57,62H,1,13-14,16-17,20-22,27-30,36-39H2,2-11H3,(H,67,75)(H,68,74)(H,69,78)(H,70,79)(H,80,81)/t41-,46-,50-,56?,57-,62-/m0/s1. The molecule has 91 heavy (non-hydrogen) atoms. The first-order valence-electron chi connectivity index (χ1n) is 30.9. The summed E-state index contributed by atoms with van der Waals surface area (Å²) in [4.78, 5) is 99.1. The van der Waals surface area contributed by atoms with E-state index in [9.17, 15) is 38.7 Å². The zero-order chi connectivity index (χ0) is 65.7. The topological polar surface area (TPSA) is 281 Å². The highest BCUT2D eigenvalue weighted by atomic mass is 28.4. The van der Waals surface area contributed by atoms with Gasteiger partial charge < -0.3 is 73.2 Å². The number of nitrogens with zero attached hydrogens (tertiary/aromatic N) is 3. The van der Waals surface area contributed by atoms with Crippen LogP contribution in [0.1, 0.15) is 124 Å². The van der Waals surface area contributed by atoms with Crippen LogP contribution < -0.4 is 45.1 Å². The first-order valence-corrected chi connectivity index (χ1v) is 33.8. The number of alkyl carbamates (subject to hydrolysis) is 1. The minimum atomic E-state index is -2.18. The number of anilines is 3. The summed E-state index contributed by atoms with van der Waals surface area (Å²) in [6.45, 7) is 20.9. The maximum absolute atomic E-state index is 14.8. The van der Waals surface area contributed by atoms with Crippen molar-refractivity contribution in [1.82, 2.24) is 20.4 Å². The van der Waals surface area contributed by atoms with Crippen molar-refractivity contribution in [3.05, 3.63) is 113 Å². The van der Waals surface area contributed by atoms with Crippen molar-refractivity contribution in [1.29, 1.82) is 0 Å². The number of ether oxygens (including phenoxy) is 8. The van der Waals surface area contributed by atoms with Crippen LogP contribution in [0.2, 0.25) is 18.1 Å². The number of amides is 7. The Morgan fingerprint density at radius 2 is 1.44 bits per heavy atom. The van der Waals surface area contributed by atoms with Crippen LogP contribution >= 0.6 is 0 Å². The number of hydrogen-bond acceptors (Lipinski definition) is 16. The number of rotatable bonds is 25. The molecule has 0 aromatic heterocycles.